The van der Waals surface area contributed by atoms with Gasteiger partial charge in [0.25, 0.3) is 6.43 Å². The van der Waals surface area contributed by atoms with Crippen LogP contribution in [0.2, 0.25) is 0 Å². The SMILES string of the molecule is C#CCOc1cccc(F)c1C1=CC=C(Cl)C(=C)N1CC(F)F. The lowest BCUT2D eigenvalue weighted by Crippen LogP contribution is -2.29. The summed E-state index contributed by atoms with van der Waals surface area (Å²) in [6.45, 7) is 2.94. The average Bonchev–Trinajstić information content (AvgIpc) is 2.50. The van der Waals surface area contributed by atoms with Crippen LogP contribution in [0.5, 0.6) is 5.75 Å². The Morgan fingerprint density at radius 3 is 2.74 bits per heavy atom. The number of alkyl halides is 2. The van der Waals surface area contributed by atoms with Gasteiger partial charge >= 0.3 is 0 Å². The molecule has 0 aromatic heterocycles. The molecule has 1 aromatic carbocycles. The lowest BCUT2D eigenvalue weighted by atomic mass is 10.0. The van der Waals surface area contributed by atoms with E-state index >= 15 is 0 Å². The minimum absolute atomic E-state index is 0.0324. The zero-order chi connectivity index (χ0) is 17.0. The number of hydrogen-bond acceptors (Lipinski definition) is 2. The molecule has 0 radical (unpaired) electrons. The van der Waals surface area contributed by atoms with Crippen LogP contribution >= 0.6 is 11.6 Å². The van der Waals surface area contributed by atoms with Crippen LogP contribution in [0.15, 0.2) is 47.7 Å². The Bertz CT molecular complexity index is 719. The van der Waals surface area contributed by atoms with Crippen molar-refractivity contribution in [3.8, 4) is 18.1 Å². The topological polar surface area (TPSA) is 12.5 Å². The Morgan fingerprint density at radius 2 is 2.09 bits per heavy atom. The summed E-state index contributed by atoms with van der Waals surface area (Å²) in [5.41, 5.74) is 0.380. The fourth-order valence-corrected chi connectivity index (χ4v) is 2.34. The van der Waals surface area contributed by atoms with Gasteiger partial charge in [0.2, 0.25) is 0 Å². The molecule has 0 saturated carbocycles. The standard InChI is InChI=1S/C17H13ClF3NO/c1-3-9-23-15-6-4-5-13(19)17(15)14-8-7-12(18)11(2)22(14)10-16(20)21/h1,4-8,16H,2,9-10H2. The number of hydrogen-bond donors (Lipinski definition) is 0. The first-order valence-corrected chi connectivity index (χ1v) is 7.01. The van der Waals surface area contributed by atoms with E-state index in [4.69, 9.17) is 22.8 Å². The molecule has 0 bridgehead atoms. The summed E-state index contributed by atoms with van der Waals surface area (Å²) in [7, 11) is 0. The van der Waals surface area contributed by atoms with Gasteiger partial charge in [-0.1, -0.05) is 30.2 Å². The van der Waals surface area contributed by atoms with Gasteiger partial charge in [-0.15, -0.1) is 6.42 Å². The van der Waals surface area contributed by atoms with Gasteiger partial charge < -0.3 is 9.64 Å². The molecule has 120 valence electrons. The fraction of sp³-hybridized carbons (Fsp3) is 0.176. The lowest BCUT2D eigenvalue weighted by Gasteiger charge is -2.32. The molecule has 0 amide bonds. The molecule has 0 unspecified atom stereocenters. The number of ether oxygens (including phenoxy) is 1. The number of halogens is 4. The molecular formula is C17H13ClF3NO. The molecule has 1 aliphatic heterocycles. The fourth-order valence-electron chi connectivity index (χ4n) is 2.17. The maximum atomic E-state index is 14.3. The van der Waals surface area contributed by atoms with Crippen LogP contribution in [-0.2, 0) is 0 Å². The van der Waals surface area contributed by atoms with Crippen molar-refractivity contribution < 1.29 is 17.9 Å². The molecule has 1 aliphatic rings. The Hall–Kier alpha value is -2.32. The molecule has 0 spiro atoms. The highest BCUT2D eigenvalue weighted by Gasteiger charge is 2.27. The van der Waals surface area contributed by atoms with Crippen LogP contribution in [0.3, 0.4) is 0 Å². The first-order valence-electron chi connectivity index (χ1n) is 6.63. The van der Waals surface area contributed by atoms with E-state index in [-0.39, 0.29) is 34.3 Å². The maximum absolute atomic E-state index is 14.3. The second kappa shape index (κ2) is 7.30. The first kappa shape index (κ1) is 17.0. The third-order valence-corrected chi connectivity index (χ3v) is 3.49. The van der Waals surface area contributed by atoms with Gasteiger partial charge in [-0.25, -0.2) is 13.2 Å². The molecule has 1 aromatic rings. The Morgan fingerprint density at radius 1 is 1.35 bits per heavy atom. The van der Waals surface area contributed by atoms with E-state index in [1.807, 2.05) is 0 Å². The van der Waals surface area contributed by atoms with Crippen LogP contribution in [-0.4, -0.2) is 24.5 Å². The molecule has 0 N–H and O–H groups in total. The summed E-state index contributed by atoms with van der Waals surface area (Å²) >= 11 is 5.94. The minimum Gasteiger partial charge on any atom is -0.480 e. The number of terminal acetylenes is 1. The van der Waals surface area contributed by atoms with Crippen molar-refractivity contribution >= 4 is 17.3 Å². The van der Waals surface area contributed by atoms with E-state index < -0.39 is 18.8 Å². The molecular weight excluding hydrogens is 327 g/mol. The van der Waals surface area contributed by atoms with E-state index in [1.54, 1.807) is 0 Å². The van der Waals surface area contributed by atoms with Crippen molar-refractivity contribution in [2.75, 3.05) is 13.2 Å². The molecule has 6 heteroatoms. The average molecular weight is 340 g/mol. The zero-order valence-electron chi connectivity index (χ0n) is 12.0. The van der Waals surface area contributed by atoms with E-state index in [1.165, 1.54) is 30.4 Å². The highest BCUT2D eigenvalue weighted by Crippen LogP contribution is 2.38. The van der Waals surface area contributed by atoms with E-state index in [9.17, 15) is 13.2 Å². The van der Waals surface area contributed by atoms with E-state index in [2.05, 4.69) is 12.5 Å². The van der Waals surface area contributed by atoms with Gasteiger partial charge in [0.1, 0.15) is 18.2 Å². The Balaban J connectivity index is 2.54. The second-order valence-corrected chi connectivity index (χ2v) is 5.03. The Labute approximate surface area is 137 Å². The summed E-state index contributed by atoms with van der Waals surface area (Å²) in [6.07, 6.45) is 5.40. The molecule has 0 aliphatic carbocycles. The van der Waals surface area contributed by atoms with E-state index in [0.29, 0.717) is 0 Å². The number of benzene rings is 1. The van der Waals surface area contributed by atoms with Gasteiger partial charge in [-0.3, -0.25) is 0 Å². The monoisotopic (exact) mass is 339 g/mol. The molecule has 0 atom stereocenters. The van der Waals surface area contributed by atoms with Crippen LogP contribution in [0, 0.1) is 18.2 Å². The highest BCUT2D eigenvalue weighted by molar-refractivity contribution is 6.32. The van der Waals surface area contributed by atoms with Crippen molar-refractivity contribution in [1.82, 2.24) is 4.90 Å². The Kier molecular flexibility index (Phi) is 5.41. The summed E-state index contributed by atoms with van der Waals surface area (Å²) in [4.78, 5) is 1.16. The highest BCUT2D eigenvalue weighted by atomic mass is 35.5. The smallest absolute Gasteiger partial charge is 0.256 e. The predicted octanol–water partition coefficient (Wildman–Crippen LogP) is 4.40. The lowest BCUT2D eigenvalue weighted by molar-refractivity contribution is 0.123. The summed E-state index contributed by atoms with van der Waals surface area (Å²) < 4.78 is 45.4. The van der Waals surface area contributed by atoms with Crippen molar-refractivity contribution in [1.29, 1.82) is 0 Å². The van der Waals surface area contributed by atoms with Gasteiger partial charge in [-0.05, 0) is 24.3 Å². The quantitative estimate of drug-likeness (QED) is 0.737. The molecule has 23 heavy (non-hydrogen) atoms. The largest absolute Gasteiger partial charge is 0.480 e. The number of allylic oxidation sites excluding steroid dienone is 3. The van der Waals surface area contributed by atoms with Crippen molar-refractivity contribution in [2.45, 2.75) is 6.43 Å². The van der Waals surface area contributed by atoms with E-state index in [0.717, 1.165) is 4.90 Å². The van der Waals surface area contributed by atoms with Gasteiger partial charge in [0.15, 0.2) is 0 Å². The van der Waals surface area contributed by atoms with Gasteiger partial charge in [-0.2, -0.15) is 0 Å². The molecule has 1 heterocycles. The number of nitrogens with zero attached hydrogens (tertiary/aromatic N) is 1. The number of rotatable bonds is 5. The van der Waals surface area contributed by atoms with Crippen LogP contribution in [0.1, 0.15) is 5.56 Å². The molecule has 2 rings (SSSR count). The summed E-state index contributed by atoms with van der Waals surface area (Å²) in [5.74, 6) is 1.82. The third kappa shape index (κ3) is 3.72. The van der Waals surface area contributed by atoms with Crippen molar-refractivity contribution in [3.63, 3.8) is 0 Å². The zero-order valence-corrected chi connectivity index (χ0v) is 12.8. The predicted molar refractivity (Wildman–Crippen MR) is 84.5 cm³/mol. The van der Waals surface area contributed by atoms with Crippen molar-refractivity contribution in [2.24, 2.45) is 0 Å². The van der Waals surface area contributed by atoms with Gasteiger partial charge in [0.05, 0.1) is 28.5 Å². The van der Waals surface area contributed by atoms with Crippen LogP contribution < -0.4 is 4.74 Å². The second-order valence-electron chi connectivity index (χ2n) is 4.62. The molecule has 0 saturated heterocycles. The normalized spacial score (nSPS) is 14.4. The molecule has 0 fully saturated rings. The minimum atomic E-state index is -2.65. The first-order chi connectivity index (χ1) is 11.0. The third-order valence-electron chi connectivity index (χ3n) is 3.14. The van der Waals surface area contributed by atoms with Crippen LogP contribution in [0.4, 0.5) is 13.2 Å². The summed E-state index contributed by atoms with van der Waals surface area (Å²) in [6, 6.07) is 4.17. The summed E-state index contributed by atoms with van der Waals surface area (Å²) in [5, 5.41) is 0.205. The maximum Gasteiger partial charge on any atom is 0.256 e. The van der Waals surface area contributed by atoms with Crippen molar-refractivity contribution in [3.05, 3.63) is 59.0 Å². The van der Waals surface area contributed by atoms with Gasteiger partial charge in [0, 0.05) is 0 Å². The van der Waals surface area contributed by atoms with Crippen LogP contribution in [0.25, 0.3) is 5.70 Å². The molecule has 2 nitrogen and oxygen atoms in total.